The third kappa shape index (κ3) is 4.15. The van der Waals surface area contributed by atoms with Crippen molar-refractivity contribution >= 4 is 33.0 Å². The summed E-state index contributed by atoms with van der Waals surface area (Å²) in [5, 5.41) is 2.79. The van der Waals surface area contributed by atoms with Gasteiger partial charge in [0.1, 0.15) is 0 Å². The Hall–Kier alpha value is -1.74. The van der Waals surface area contributed by atoms with E-state index < -0.39 is 10.0 Å². The van der Waals surface area contributed by atoms with E-state index in [0.717, 1.165) is 4.88 Å². The molecule has 3 rings (SSSR count). The van der Waals surface area contributed by atoms with E-state index in [-0.39, 0.29) is 23.0 Å². The average molecular weight is 395 g/mol. The van der Waals surface area contributed by atoms with Crippen LogP contribution < -0.4 is 5.32 Å². The van der Waals surface area contributed by atoms with E-state index in [1.165, 1.54) is 27.8 Å². The van der Waals surface area contributed by atoms with Gasteiger partial charge in [0.25, 0.3) is 5.91 Å². The lowest BCUT2D eigenvalue weighted by molar-refractivity contribution is -0.0440. The maximum Gasteiger partial charge on any atom is 0.265 e. The minimum Gasteiger partial charge on any atom is -0.373 e. The molecule has 1 amide bonds. The minimum atomic E-state index is -3.58. The van der Waals surface area contributed by atoms with E-state index in [2.05, 4.69) is 5.32 Å². The molecule has 8 heteroatoms. The Labute approximate surface area is 157 Å². The molecule has 1 N–H and O–H groups in total. The van der Waals surface area contributed by atoms with Crippen LogP contribution >= 0.6 is 11.3 Å². The number of morpholine rings is 1. The topological polar surface area (TPSA) is 75.7 Å². The number of carbonyl (C=O) groups excluding carboxylic acids is 1. The lowest BCUT2D eigenvalue weighted by atomic mass is 10.3. The smallest absolute Gasteiger partial charge is 0.265 e. The molecule has 0 radical (unpaired) electrons. The van der Waals surface area contributed by atoms with Crippen molar-refractivity contribution in [3.63, 3.8) is 0 Å². The highest BCUT2D eigenvalue weighted by molar-refractivity contribution is 7.89. The molecule has 0 aliphatic carbocycles. The number of nitrogens with one attached hydrogen (secondary N) is 1. The summed E-state index contributed by atoms with van der Waals surface area (Å²) in [6.45, 7) is 6.34. The van der Waals surface area contributed by atoms with Gasteiger partial charge in [0.15, 0.2) is 0 Å². The molecule has 0 spiro atoms. The van der Waals surface area contributed by atoms with Crippen LogP contribution in [0.1, 0.15) is 28.4 Å². The summed E-state index contributed by atoms with van der Waals surface area (Å²) < 4.78 is 32.7. The van der Waals surface area contributed by atoms with Crippen molar-refractivity contribution in [1.82, 2.24) is 4.31 Å². The molecule has 1 aromatic carbocycles. The lowest BCUT2D eigenvalue weighted by Crippen LogP contribution is -2.48. The first-order valence-electron chi connectivity index (χ1n) is 8.39. The van der Waals surface area contributed by atoms with E-state index in [4.69, 9.17) is 4.74 Å². The molecule has 2 heterocycles. The van der Waals surface area contributed by atoms with Crippen molar-refractivity contribution in [3.05, 3.63) is 46.2 Å². The standard InChI is InChI=1S/C18H22N2O4S2/c1-12-10-20(11-13(2)24-12)26(22,23)16-7-5-15(6-8-16)19-18(21)17-9-4-14(3)25-17/h4-9,12-13H,10-11H2,1-3H3,(H,19,21)/t12-,13-/m0/s1. The van der Waals surface area contributed by atoms with Gasteiger partial charge in [-0.25, -0.2) is 8.42 Å². The number of benzene rings is 1. The molecular formula is C18H22N2O4S2. The van der Waals surface area contributed by atoms with Gasteiger partial charge in [-0.1, -0.05) is 0 Å². The molecule has 1 fully saturated rings. The lowest BCUT2D eigenvalue weighted by Gasteiger charge is -2.34. The third-order valence-corrected chi connectivity index (χ3v) is 6.95. The Kier molecular flexibility index (Phi) is 5.47. The SMILES string of the molecule is Cc1ccc(C(=O)Nc2ccc(S(=O)(=O)N3C[C@H](C)O[C@@H](C)C3)cc2)s1. The van der Waals surface area contributed by atoms with Crippen molar-refractivity contribution in [2.45, 2.75) is 37.9 Å². The van der Waals surface area contributed by atoms with Crippen LogP contribution in [0.15, 0.2) is 41.3 Å². The van der Waals surface area contributed by atoms with Gasteiger partial charge in [0.2, 0.25) is 10.0 Å². The van der Waals surface area contributed by atoms with Crippen molar-refractivity contribution < 1.29 is 17.9 Å². The maximum atomic E-state index is 12.8. The predicted octanol–water partition coefficient (Wildman–Crippen LogP) is 3.11. The summed E-state index contributed by atoms with van der Waals surface area (Å²) in [7, 11) is -3.58. The van der Waals surface area contributed by atoms with Crippen molar-refractivity contribution in [1.29, 1.82) is 0 Å². The first kappa shape index (κ1) is 19.0. The van der Waals surface area contributed by atoms with E-state index >= 15 is 0 Å². The first-order chi connectivity index (χ1) is 12.3. The molecule has 2 aromatic rings. The fourth-order valence-electron chi connectivity index (χ4n) is 2.94. The highest BCUT2D eigenvalue weighted by Gasteiger charge is 2.32. The Morgan fingerprint density at radius 3 is 2.27 bits per heavy atom. The number of aryl methyl sites for hydroxylation is 1. The number of carbonyl (C=O) groups is 1. The summed E-state index contributed by atoms with van der Waals surface area (Å²) >= 11 is 1.42. The number of amides is 1. The van der Waals surface area contributed by atoms with Gasteiger partial charge >= 0.3 is 0 Å². The predicted molar refractivity (Wildman–Crippen MR) is 102 cm³/mol. The molecule has 140 valence electrons. The summed E-state index contributed by atoms with van der Waals surface area (Å²) in [5.41, 5.74) is 0.559. The summed E-state index contributed by atoms with van der Waals surface area (Å²) in [5.74, 6) is -0.200. The molecule has 0 saturated carbocycles. The van der Waals surface area contributed by atoms with Crippen LogP contribution in [0.4, 0.5) is 5.69 Å². The van der Waals surface area contributed by atoms with Gasteiger partial charge in [-0.05, 0) is 57.2 Å². The number of rotatable bonds is 4. The Morgan fingerprint density at radius 1 is 1.12 bits per heavy atom. The first-order valence-corrected chi connectivity index (χ1v) is 10.6. The fraction of sp³-hybridized carbons (Fsp3) is 0.389. The average Bonchev–Trinajstić information content (AvgIpc) is 3.01. The Balaban J connectivity index is 1.73. The zero-order valence-electron chi connectivity index (χ0n) is 14.9. The quantitative estimate of drug-likeness (QED) is 0.865. The second-order valence-corrected chi connectivity index (χ2v) is 9.69. The number of ether oxygens (including phenoxy) is 1. The van der Waals surface area contributed by atoms with Gasteiger partial charge < -0.3 is 10.1 Å². The Bertz CT molecular complexity index is 880. The van der Waals surface area contributed by atoms with Crippen molar-refractivity contribution in [2.24, 2.45) is 0 Å². The number of thiophene rings is 1. The van der Waals surface area contributed by atoms with Crippen molar-refractivity contribution in [3.8, 4) is 0 Å². The van der Waals surface area contributed by atoms with E-state index in [9.17, 15) is 13.2 Å². The van der Waals surface area contributed by atoms with Crippen LogP contribution in [0, 0.1) is 6.92 Å². The fourth-order valence-corrected chi connectivity index (χ4v) is 5.29. The summed E-state index contributed by atoms with van der Waals surface area (Å²) in [6.07, 6.45) is -0.275. The largest absolute Gasteiger partial charge is 0.373 e. The second kappa shape index (κ2) is 7.48. The minimum absolute atomic E-state index is 0.138. The molecule has 1 aliphatic heterocycles. The molecule has 1 aromatic heterocycles. The van der Waals surface area contributed by atoms with E-state index in [1.54, 1.807) is 18.2 Å². The maximum absolute atomic E-state index is 12.8. The number of hydrogen-bond acceptors (Lipinski definition) is 5. The molecule has 1 saturated heterocycles. The summed E-state index contributed by atoms with van der Waals surface area (Å²) in [4.78, 5) is 14.1. The van der Waals surface area contributed by atoms with Gasteiger partial charge in [-0.3, -0.25) is 4.79 Å². The van der Waals surface area contributed by atoms with Crippen LogP contribution in [0.25, 0.3) is 0 Å². The number of nitrogens with zero attached hydrogens (tertiary/aromatic N) is 1. The highest BCUT2D eigenvalue weighted by Crippen LogP contribution is 2.23. The highest BCUT2D eigenvalue weighted by atomic mass is 32.2. The number of anilines is 1. The molecule has 2 atom stereocenters. The normalized spacial score (nSPS) is 21.5. The van der Waals surface area contributed by atoms with Gasteiger partial charge in [-0.2, -0.15) is 4.31 Å². The molecule has 26 heavy (non-hydrogen) atoms. The van der Waals surface area contributed by atoms with Crippen LogP contribution in [0.2, 0.25) is 0 Å². The monoisotopic (exact) mass is 394 g/mol. The number of hydrogen-bond donors (Lipinski definition) is 1. The van der Waals surface area contributed by atoms with Crippen LogP contribution in [-0.4, -0.2) is 43.9 Å². The zero-order valence-corrected chi connectivity index (χ0v) is 16.6. The van der Waals surface area contributed by atoms with Crippen LogP contribution in [0.3, 0.4) is 0 Å². The zero-order chi connectivity index (χ0) is 18.9. The molecule has 1 aliphatic rings. The summed E-state index contributed by atoms with van der Waals surface area (Å²) in [6, 6.07) is 9.93. The Morgan fingerprint density at radius 2 is 1.73 bits per heavy atom. The van der Waals surface area contributed by atoms with Crippen LogP contribution in [0.5, 0.6) is 0 Å². The second-order valence-electron chi connectivity index (χ2n) is 6.47. The van der Waals surface area contributed by atoms with Gasteiger partial charge in [0, 0.05) is 23.7 Å². The molecular weight excluding hydrogens is 372 g/mol. The van der Waals surface area contributed by atoms with Gasteiger partial charge in [0.05, 0.1) is 22.0 Å². The molecule has 6 nitrogen and oxygen atoms in total. The van der Waals surface area contributed by atoms with E-state index in [0.29, 0.717) is 23.7 Å². The molecule has 0 bridgehead atoms. The van der Waals surface area contributed by atoms with E-state index in [1.807, 2.05) is 26.8 Å². The van der Waals surface area contributed by atoms with Crippen molar-refractivity contribution in [2.75, 3.05) is 18.4 Å². The third-order valence-electron chi connectivity index (χ3n) is 4.10. The number of sulfonamides is 1. The van der Waals surface area contributed by atoms with Gasteiger partial charge in [-0.15, -0.1) is 11.3 Å². The molecule has 0 unspecified atom stereocenters. The van der Waals surface area contributed by atoms with Crippen LogP contribution in [-0.2, 0) is 14.8 Å².